The van der Waals surface area contributed by atoms with Crippen molar-refractivity contribution in [1.29, 1.82) is 0 Å². The van der Waals surface area contributed by atoms with Crippen molar-refractivity contribution in [2.24, 2.45) is 0 Å². The van der Waals surface area contributed by atoms with Gasteiger partial charge in [-0.2, -0.15) is 0 Å². The maximum absolute atomic E-state index is 13.5. The molecule has 0 spiro atoms. The zero-order chi connectivity index (χ0) is 27.1. The normalized spacial score (nSPS) is 12.6. The third kappa shape index (κ3) is 8.82. The molecule has 36 heavy (non-hydrogen) atoms. The van der Waals surface area contributed by atoms with Crippen LogP contribution in [0.25, 0.3) is 0 Å². The minimum absolute atomic E-state index is 0.0849. The highest BCUT2D eigenvalue weighted by Gasteiger charge is 2.31. The van der Waals surface area contributed by atoms with E-state index in [-0.39, 0.29) is 31.3 Å². The van der Waals surface area contributed by atoms with Crippen molar-refractivity contribution in [3.63, 3.8) is 0 Å². The Labute approximate surface area is 220 Å². The Hall–Kier alpha value is -2.58. The summed E-state index contributed by atoms with van der Waals surface area (Å²) in [4.78, 5) is 28.2. The molecule has 7 nitrogen and oxygen atoms in total. The Kier molecular flexibility index (Phi) is 10.4. The molecular weight excluding hydrogens is 498 g/mol. The molecule has 0 aliphatic rings. The van der Waals surface area contributed by atoms with Crippen LogP contribution < -0.4 is 9.62 Å². The van der Waals surface area contributed by atoms with E-state index in [9.17, 15) is 18.0 Å². The smallest absolute Gasteiger partial charge is 0.243 e. The molecule has 0 radical (unpaired) electrons. The zero-order valence-corrected chi connectivity index (χ0v) is 23.6. The molecule has 0 unspecified atom stereocenters. The lowest BCUT2D eigenvalue weighted by Gasteiger charge is -2.33. The number of hydrogen-bond acceptors (Lipinski definition) is 4. The molecule has 0 aromatic heterocycles. The maximum Gasteiger partial charge on any atom is 0.243 e. The van der Waals surface area contributed by atoms with Crippen LogP contribution in [0.2, 0.25) is 5.02 Å². The first-order valence-corrected chi connectivity index (χ1v) is 14.3. The van der Waals surface area contributed by atoms with Crippen LogP contribution in [0.5, 0.6) is 0 Å². The second-order valence-corrected chi connectivity index (χ2v) is 12.4. The number of anilines is 1. The van der Waals surface area contributed by atoms with E-state index < -0.39 is 21.6 Å². The molecule has 0 aliphatic heterocycles. The van der Waals surface area contributed by atoms with Gasteiger partial charge in [0.2, 0.25) is 21.8 Å². The average Bonchev–Trinajstić information content (AvgIpc) is 2.75. The lowest BCUT2D eigenvalue weighted by Crippen LogP contribution is -2.53. The minimum atomic E-state index is -3.53. The number of carbonyl (C=O) groups is 2. The first-order chi connectivity index (χ1) is 16.7. The summed E-state index contributed by atoms with van der Waals surface area (Å²) in [7, 11) is -3.53. The second kappa shape index (κ2) is 12.6. The lowest BCUT2D eigenvalue weighted by atomic mass is 10.0. The second-order valence-electron chi connectivity index (χ2n) is 10.1. The summed E-state index contributed by atoms with van der Waals surface area (Å²) in [6.07, 6.45) is 1.97. The van der Waals surface area contributed by atoms with Gasteiger partial charge in [0, 0.05) is 30.1 Å². The quantitative estimate of drug-likeness (QED) is 0.442. The SMILES string of the molecule is CC[C@H](C(=O)NC(C)(C)C)N(Cc1ccccc1Cl)C(=O)CCCN(c1cccc(C)c1)S(C)(=O)=O. The molecule has 2 amide bonds. The summed E-state index contributed by atoms with van der Waals surface area (Å²) in [5.74, 6) is -0.466. The minimum Gasteiger partial charge on any atom is -0.350 e. The summed E-state index contributed by atoms with van der Waals surface area (Å²) in [6, 6.07) is 13.8. The molecule has 198 valence electrons. The highest BCUT2D eigenvalue weighted by atomic mass is 35.5. The number of nitrogens with one attached hydrogen (secondary N) is 1. The number of nitrogens with zero attached hydrogens (tertiary/aromatic N) is 2. The highest BCUT2D eigenvalue weighted by Crippen LogP contribution is 2.23. The lowest BCUT2D eigenvalue weighted by molar-refractivity contribution is -0.142. The monoisotopic (exact) mass is 535 g/mol. The van der Waals surface area contributed by atoms with Crippen molar-refractivity contribution in [2.45, 2.75) is 72.0 Å². The molecule has 9 heteroatoms. The number of amides is 2. The molecule has 1 N–H and O–H groups in total. The molecule has 2 aromatic rings. The number of aryl methyl sites for hydroxylation is 1. The largest absolute Gasteiger partial charge is 0.350 e. The van der Waals surface area contributed by atoms with Gasteiger partial charge in [0.05, 0.1) is 11.9 Å². The molecule has 0 heterocycles. The standard InChI is InChI=1S/C27H38ClN3O4S/c1-7-24(26(33)29-27(3,4)5)30(19-21-13-8-9-15-23(21)28)25(32)16-11-17-31(36(6,34)35)22-14-10-12-20(2)18-22/h8-10,12-15,18,24H,7,11,16-17,19H2,1-6H3,(H,29,33)/t24-/m1/s1. The van der Waals surface area contributed by atoms with Crippen molar-refractivity contribution in [3.05, 3.63) is 64.7 Å². The third-order valence-corrected chi connectivity index (χ3v) is 7.19. The molecule has 0 bridgehead atoms. The zero-order valence-electron chi connectivity index (χ0n) is 22.0. The number of halogens is 1. The van der Waals surface area contributed by atoms with E-state index in [4.69, 9.17) is 11.6 Å². The predicted octanol–water partition coefficient (Wildman–Crippen LogP) is 4.92. The van der Waals surface area contributed by atoms with Gasteiger partial charge in [-0.3, -0.25) is 13.9 Å². The Morgan fingerprint density at radius 2 is 1.75 bits per heavy atom. The Bertz CT molecular complexity index is 1160. The van der Waals surface area contributed by atoms with E-state index in [0.717, 1.165) is 17.4 Å². The number of sulfonamides is 1. The molecule has 0 fully saturated rings. The fourth-order valence-corrected chi connectivity index (χ4v) is 5.12. The summed E-state index contributed by atoms with van der Waals surface area (Å²) in [6.45, 7) is 9.77. The van der Waals surface area contributed by atoms with Crippen LogP contribution in [-0.2, 0) is 26.2 Å². The first-order valence-electron chi connectivity index (χ1n) is 12.1. The first kappa shape index (κ1) is 29.6. The van der Waals surface area contributed by atoms with Gasteiger partial charge < -0.3 is 10.2 Å². The average molecular weight is 536 g/mol. The van der Waals surface area contributed by atoms with Crippen LogP contribution in [0.4, 0.5) is 5.69 Å². The van der Waals surface area contributed by atoms with Crippen molar-refractivity contribution in [3.8, 4) is 0 Å². The van der Waals surface area contributed by atoms with Crippen molar-refractivity contribution >= 4 is 39.1 Å². The van der Waals surface area contributed by atoms with Gasteiger partial charge in [-0.1, -0.05) is 48.9 Å². The van der Waals surface area contributed by atoms with Crippen LogP contribution in [0, 0.1) is 6.92 Å². The van der Waals surface area contributed by atoms with E-state index in [1.807, 2.05) is 58.9 Å². The third-order valence-electron chi connectivity index (χ3n) is 5.62. The Morgan fingerprint density at radius 3 is 2.31 bits per heavy atom. The van der Waals surface area contributed by atoms with Crippen LogP contribution in [-0.4, -0.2) is 49.5 Å². The van der Waals surface area contributed by atoms with Gasteiger partial charge in [0.1, 0.15) is 6.04 Å². The van der Waals surface area contributed by atoms with Crippen LogP contribution in [0.1, 0.15) is 58.1 Å². The van der Waals surface area contributed by atoms with E-state index in [1.54, 1.807) is 29.2 Å². The summed E-state index contributed by atoms with van der Waals surface area (Å²) >= 11 is 6.37. The van der Waals surface area contributed by atoms with Gasteiger partial charge in [0.15, 0.2) is 0 Å². The number of carbonyl (C=O) groups excluding carboxylic acids is 2. The number of rotatable bonds is 11. The van der Waals surface area contributed by atoms with Gasteiger partial charge >= 0.3 is 0 Å². The van der Waals surface area contributed by atoms with Crippen LogP contribution in [0.3, 0.4) is 0 Å². The summed E-state index contributed by atoms with van der Waals surface area (Å²) in [5, 5.41) is 3.49. The maximum atomic E-state index is 13.5. The molecule has 0 saturated heterocycles. The van der Waals surface area contributed by atoms with Crippen LogP contribution >= 0.6 is 11.6 Å². The molecule has 1 atom stereocenters. The number of benzene rings is 2. The summed E-state index contributed by atoms with van der Waals surface area (Å²) < 4.78 is 26.3. The van der Waals surface area contributed by atoms with Crippen molar-refractivity contribution in [2.75, 3.05) is 17.1 Å². The van der Waals surface area contributed by atoms with Gasteiger partial charge in [-0.05, 0) is 69.9 Å². The molecule has 0 saturated carbocycles. The fraction of sp³-hybridized carbons (Fsp3) is 0.481. The topological polar surface area (TPSA) is 86.8 Å². The molecule has 2 rings (SSSR count). The van der Waals surface area contributed by atoms with E-state index in [0.29, 0.717) is 23.6 Å². The summed E-state index contributed by atoms with van der Waals surface area (Å²) in [5.41, 5.74) is 1.80. The van der Waals surface area contributed by atoms with Crippen molar-refractivity contribution in [1.82, 2.24) is 10.2 Å². The fourth-order valence-electron chi connectivity index (χ4n) is 3.97. The Balaban J connectivity index is 2.25. The predicted molar refractivity (Wildman–Crippen MR) is 147 cm³/mol. The van der Waals surface area contributed by atoms with E-state index in [2.05, 4.69) is 5.32 Å². The van der Waals surface area contributed by atoms with Crippen molar-refractivity contribution < 1.29 is 18.0 Å². The van der Waals surface area contributed by atoms with E-state index >= 15 is 0 Å². The molecule has 0 aliphatic carbocycles. The molecular formula is C27H38ClN3O4S. The highest BCUT2D eigenvalue weighted by molar-refractivity contribution is 7.92. The van der Waals surface area contributed by atoms with Crippen LogP contribution in [0.15, 0.2) is 48.5 Å². The van der Waals surface area contributed by atoms with E-state index in [1.165, 1.54) is 4.31 Å². The Morgan fingerprint density at radius 1 is 1.08 bits per heavy atom. The van der Waals surface area contributed by atoms with Gasteiger partial charge in [-0.25, -0.2) is 8.42 Å². The molecule has 2 aromatic carbocycles. The number of hydrogen-bond donors (Lipinski definition) is 1. The van der Waals surface area contributed by atoms with Gasteiger partial charge in [0.25, 0.3) is 0 Å². The van der Waals surface area contributed by atoms with Gasteiger partial charge in [-0.15, -0.1) is 0 Å².